The molecule has 1 rings (SSSR count). The van der Waals surface area contributed by atoms with Gasteiger partial charge in [-0.05, 0) is 41.5 Å². The highest BCUT2D eigenvalue weighted by Gasteiger charge is 2.27. The van der Waals surface area contributed by atoms with Gasteiger partial charge in [-0.15, -0.1) is 0 Å². The molecule has 0 aliphatic carbocycles. The lowest BCUT2D eigenvalue weighted by Crippen LogP contribution is -2.48. The van der Waals surface area contributed by atoms with Gasteiger partial charge in [0.2, 0.25) is 5.91 Å². The number of rotatable bonds is 7. The van der Waals surface area contributed by atoms with Crippen LogP contribution in [-0.4, -0.2) is 58.3 Å². The maximum absolute atomic E-state index is 12.7. The number of esters is 1. The number of carbonyl (C=O) groups excluding carboxylic acids is 3. The van der Waals surface area contributed by atoms with E-state index in [4.69, 9.17) is 4.74 Å². The predicted octanol–water partition coefficient (Wildman–Crippen LogP) is 2.86. The van der Waals surface area contributed by atoms with E-state index >= 15 is 0 Å². The zero-order valence-electron chi connectivity index (χ0n) is 19.8. The third kappa shape index (κ3) is 7.35. The largest absolute Gasteiger partial charge is 0.465 e. The van der Waals surface area contributed by atoms with E-state index in [0.717, 1.165) is 5.69 Å². The van der Waals surface area contributed by atoms with Crippen molar-refractivity contribution in [2.45, 2.75) is 79.3 Å². The van der Waals surface area contributed by atoms with Gasteiger partial charge in [0, 0.05) is 17.5 Å². The molecule has 9 nitrogen and oxygen atoms in total. The molecule has 0 unspecified atom stereocenters. The first-order valence-electron chi connectivity index (χ1n) is 10.3. The fourth-order valence-electron chi connectivity index (χ4n) is 2.64. The quantitative estimate of drug-likeness (QED) is 0.656. The maximum atomic E-state index is 12.7. The number of carbonyl (C=O) groups is 3. The molecule has 1 heterocycles. The van der Waals surface area contributed by atoms with E-state index in [1.165, 1.54) is 4.90 Å². The molecule has 1 aromatic rings. The molecule has 0 fully saturated rings. The Morgan fingerprint density at radius 2 is 1.77 bits per heavy atom. The summed E-state index contributed by atoms with van der Waals surface area (Å²) in [7, 11) is 0. The molecule has 0 aliphatic heterocycles. The number of nitrogens with zero attached hydrogens (tertiary/aromatic N) is 3. The summed E-state index contributed by atoms with van der Waals surface area (Å²) in [5, 5.41) is 10.1. The summed E-state index contributed by atoms with van der Waals surface area (Å²) in [6, 6.07) is 1.12. The highest BCUT2D eigenvalue weighted by Crippen LogP contribution is 2.28. The van der Waals surface area contributed by atoms with Crippen molar-refractivity contribution in [1.82, 2.24) is 20.0 Å². The summed E-state index contributed by atoms with van der Waals surface area (Å²) < 4.78 is 6.59. The molecule has 0 spiro atoms. The highest BCUT2D eigenvalue weighted by atomic mass is 16.5. The lowest BCUT2D eigenvalue weighted by Gasteiger charge is -2.27. The van der Waals surface area contributed by atoms with Gasteiger partial charge in [-0.3, -0.25) is 9.59 Å². The summed E-state index contributed by atoms with van der Waals surface area (Å²) in [6.45, 7) is 17.3. The van der Waals surface area contributed by atoms with Gasteiger partial charge in [-0.25, -0.2) is 9.48 Å². The summed E-state index contributed by atoms with van der Waals surface area (Å²) in [6.07, 6.45) is 0. The molecule has 0 saturated carbocycles. The van der Waals surface area contributed by atoms with Gasteiger partial charge in [-0.2, -0.15) is 5.10 Å². The van der Waals surface area contributed by atoms with Crippen LogP contribution in [-0.2, 0) is 25.3 Å². The summed E-state index contributed by atoms with van der Waals surface area (Å²) >= 11 is 0. The van der Waals surface area contributed by atoms with Crippen molar-refractivity contribution in [3.63, 3.8) is 0 Å². The van der Waals surface area contributed by atoms with Gasteiger partial charge in [0.1, 0.15) is 18.9 Å². The predicted molar refractivity (Wildman–Crippen MR) is 116 cm³/mol. The minimum absolute atomic E-state index is 0.160. The number of aromatic nitrogens is 2. The van der Waals surface area contributed by atoms with Crippen LogP contribution in [0.2, 0.25) is 0 Å². The minimum atomic E-state index is -0.525. The monoisotopic (exact) mass is 423 g/mol. The Morgan fingerprint density at radius 1 is 1.17 bits per heavy atom. The summed E-state index contributed by atoms with van der Waals surface area (Å²) in [5.74, 6) is -0.295. The third-order valence-electron chi connectivity index (χ3n) is 4.27. The van der Waals surface area contributed by atoms with E-state index in [1.54, 1.807) is 25.5 Å². The lowest BCUT2D eigenvalue weighted by atomic mass is 9.92. The van der Waals surface area contributed by atoms with Crippen molar-refractivity contribution in [3.05, 3.63) is 11.8 Å². The molecule has 1 aromatic heterocycles. The first kappa shape index (κ1) is 25.5. The number of amides is 3. The zero-order valence-corrected chi connectivity index (χ0v) is 19.8. The third-order valence-corrected chi connectivity index (χ3v) is 4.27. The molecular weight excluding hydrogens is 386 g/mol. The molecule has 9 heteroatoms. The van der Waals surface area contributed by atoms with Gasteiger partial charge in [-0.1, -0.05) is 20.8 Å². The number of nitrogens with one attached hydrogen (secondary N) is 2. The first-order chi connectivity index (χ1) is 13.7. The molecule has 2 N–H and O–H groups in total. The van der Waals surface area contributed by atoms with Crippen molar-refractivity contribution >= 4 is 23.7 Å². The Morgan fingerprint density at radius 3 is 2.23 bits per heavy atom. The Balaban J connectivity index is 2.94. The standard InChI is InChI=1S/C21H37N5O4/c1-10-30-18(28)12-22-19(29)25(14(2)3)13-17(27)23-16-11-15(20(4,5)6)24-26(16)21(7,8)9/h11,14H,10,12-13H2,1-9H3,(H,22,29)(H,23,27). The molecule has 0 aromatic carbocycles. The molecule has 0 saturated heterocycles. The van der Waals surface area contributed by atoms with Gasteiger partial charge in [0.05, 0.1) is 17.8 Å². The maximum Gasteiger partial charge on any atom is 0.325 e. The average molecular weight is 424 g/mol. The topological polar surface area (TPSA) is 106 Å². The lowest BCUT2D eigenvalue weighted by molar-refractivity contribution is -0.141. The van der Waals surface area contributed by atoms with E-state index in [-0.39, 0.29) is 42.6 Å². The Hall–Kier alpha value is -2.58. The van der Waals surface area contributed by atoms with Crippen LogP contribution < -0.4 is 10.6 Å². The van der Waals surface area contributed by atoms with Crippen molar-refractivity contribution in [2.24, 2.45) is 0 Å². The summed E-state index contributed by atoms with van der Waals surface area (Å²) in [4.78, 5) is 38.0. The van der Waals surface area contributed by atoms with Crippen molar-refractivity contribution in [1.29, 1.82) is 0 Å². The van der Waals surface area contributed by atoms with Crippen molar-refractivity contribution in [3.8, 4) is 0 Å². The SMILES string of the molecule is CCOC(=O)CNC(=O)N(CC(=O)Nc1cc(C(C)(C)C)nn1C(C)(C)C)C(C)C. The fourth-order valence-corrected chi connectivity index (χ4v) is 2.64. The number of hydrogen-bond acceptors (Lipinski definition) is 5. The number of urea groups is 1. The van der Waals surface area contributed by atoms with Gasteiger partial charge < -0.3 is 20.3 Å². The van der Waals surface area contributed by atoms with Crippen LogP contribution in [0.5, 0.6) is 0 Å². The van der Waals surface area contributed by atoms with Crippen LogP contribution in [0, 0.1) is 0 Å². The molecule has 0 atom stereocenters. The zero-order chi connectivity index (χ0) is 23.3. The summed E-state index contributed by atoms with van der Waals surface area (Å²) in [5.41, 5.74) is 0.356. The second-order valence-electron chi connectivity index (χ2n) is 9.48. The second kappa shape index (κ2) is 9.95. The van der Waals surface area contributed by atoms with Gasteiger partial charge in [0.15, 0.2) is 0 Å². The smallest absolute Gasteiger partial charge is 0.325 e. The van der Waals surface area contributed by atoms with E-state index in [0.29, 0.717) is 5.82 Å². The van der Waals surface area contributed by atoms with Crippen LogP contribution in [0.25, 0.3) is 0 Å². The fraction of sp³-hybridized carbons (Fsp3) is 0.714. The number of anilines is 1. The molecule has 0 aliphatic rings. The second-order valence-corrected chi connectivity index (χ2v) is 9.48. The van der Waals surface area contributed by atoms with Crippen LogP contribution in [0.4, 0.5) is 10.6 Å². The van der Waals surface area contributed by atoms with E-state index in [9.17, 15) is 14.4 Å². The van der Waals surface area contributed by atoms with Crippen LogP contribution in [0.3, 0.4) is 0 Å². The average Bonchev–Trinajstić information content (AvgIpc) is 3.02. The number of hydrogen-bond donors (Lipinski definition) is 2. The normalized spacial score (nSPS) is 11.9. The molecule has 0 bridgehead atoms. The van der Waals surface area contributed by atoms with Gasteiger partial charge in [0.25, 0.3) is 0 Å². The van der Waals surface area contributed by atoms with Crippen LogP contribution in [0.15, 0.2) is 6.07 Å². The Kier molecular flexibility index (Phi) is 8.44. The van der Waals surface area contributed by atoms with Crippen LogP contribution in [0.1, 0.15) is 68.0 Å². The van der Waals surface area contributed by atoms with Crippen LogP contribution >= 0.6 is 0 Å². The Labute approximate surface area is 179 Å². The van der Waals surface area contributed by atoms with Crippen molar-refractivity contribution in [2.75, 3.05) is 25.0 Å². The molecule has 30 heavy (non-hydrogen) atoms. The number of ether oxygens (including phenoxy) is 1. The van der Waals surface area contributed by atoms with E-state index in [1.807, 2.05) is 26.8 Å². The van der Waals surface area contributed by atoms with E-state index < -0.39 is 12.0 Å². The van der Waals surface area contributed by atoms with Gasteiger partial charge >= 0.3 is 12.0 Å². The molecule has 3 amide bonds. The van der Waals surface area contributed by atoms with Crippen molar-refractivity contribution < 1.29 is 19.1 Å². The molecule has 0 radical (unpaired) electrons. The molecular formula is C21H37N5O4. The van der Waals surface area contributed by atoms with E-state index in [2.05, 4.69) is 36.5 Å². The first-order valence-corrected chi connectivity index (χ1v) is 10.3. The highest BCUT2D eigenvalue weighted by molar-refractivity contribution is 5.94. The molecule has 170 valence electrons. The minimum Gasteiger partial charge on any atom is -0.465 e. The Bertz CT molecular complexity index is 756.